The van der Waals surface area contributed by atoms with Crippen molar-refractivity contribution in [1.82, 2.24) is 29.3 Å². The first-order valence-corrected chi connectivity index (χ1v) is 12.4. The normalized spacial score (nSPS) is 17.0. The molecule has 0 aliphatic carbocycles. The van der Waals surface area contributed by atoms with Crippen LogP contribution in [0.3, 0.4) is 0 Å². The fraction of sp³-hybridized carbons (Fsp3) is 0.185. The summed E-state index contributed by atoms with van der Waals surface area (Å²) >= 11 is 0. The molecule has 2 atom stereocenters. The molecule has 2 N–H and O–H groups in total. The lowest BCUT2D eigenvalue weighted by molar-refractivity contribution is -0.139. The number of carbonyl (C=O) groups excluding carboxylic acids is 3. The number of alkyl halides is 1. The van der Waals surface area contributed by atoms with E-state index in [0.717, 1.165) is 4.90 Å². The zero-order valence-electron chi connectivity index (χ0n) is 20.9. The van der Waals surface area contributed by atoms with Gasteiger partial charge in [0.05, 0.1) is 23.9 Å². The number of fused-ring (bicyclic) bond motifs is 2. The van der Waals surface area contributed by atoms with Crippen LogP contribution in [0.25, 0.3) is 27.7 Å². The zero-order chi connectivity index (χ0) is 28.0. The van der Waals surface area contributed by atoms with Gasteiger partial charge in [0.25, 0.3) is 11.8 Å². The van der Waals surface area contributed by atoms with Crippen molar-refractivity contribution in [2.45, 2.75) is 25.2 Å². The SMILES string of the molecule is NC(=O)c1nn(CC(=O)N2C[C@H](F)C[C@H]2C(=O)N(F)c2cccc(-c3cnc4ccnn4c3)c2)c2ccccc12. The first-order valence-electron chi connectivity index (χ1n) is 12.4. The van der Waals surface area contributed by atoms with Gasteiger partial charge in [0.1, 0.15) is 18.8 Å². The van der Waals surface area contributed by atoms with Gasteiger partial charge in [-0.1, -0.05) is 34.8 Å². The number of para-hydroxylation sites is 1. The topological polar surface area (TPSA) is 132 Å². The number of carbonyl (C=O) groups is 3. The standard InChI is InChI=1S/C27H22F2N8O3/c28-18-11-22(34(14-18)24(38)15-35-21-7-2-1-6-20(21)25(33-35)26(30)39)27(40)37(29)19-5-3-4-16(10-19)17-12-31-23-8-9-32-36(23)13-17/h1-10,12-13,18,22H,11,14-15H2,(H2,30,39)/t18-,22+/m1/s1. The minimum Gasteiger partial charge on any atom is -0.364 e. The summed E-state index contributed by atoms with van der Waals surface area (Å²) in [5.41, 5.74) is 7.66. The minimum absolute atomic E-state index is 0.0162. The van der Waals surface area contributed by atoms with E-state index in [4.69, 9.17) is 5.73 Å². The highest BCUT2D eigenvalue weighted by Gasteiger charge is 2.42. The summed E-state index contributed by atoms with van der Waals surface area (Å²) in [6, 6.07) is 13.2. The molecule has 1 aliphatic heterocycles. The Bertz CT molecular complexity index is 1780. The summed E-state index contributed by atoms with van der Waals surface area (Å²) in [7, 11) is 0. The first-order chi connectivity index (χ1) is 19.3. The van der Waals surface area contributed by atoms with Gasteiger partial charge < -0.3 is 10.6 Å². The number of rotatable bonds is 6. The van der Waals surface area contributed by atoms with E-state index in [1.165, 1.54) is 16.8 Å². The molecule has 1 fully saturated rings. The second-order valence-electron chi connectivity index (χ2n) is 9.43. The van der Waals surface area contributed by atoms with Crippen LogP contribution in [0.4, 0.5) is 14.6 Å². The van der Waals surface area contributed by atoms with Crippen LogP contribution in [0, 0.1) is 0 Å². The maximum atomic E-state index is 15.5. The molecule has 5 aromatic rings. The second-order valence-corrected chi connectivity index (χ2v) is 9.43. The number of aromatic nitrogens is 5. The Hall–Kier alpha value is -5.20. The van der Waals surface area contributed by atoms with E-state index in [0.29, 0.717) is 27.7 Å². The highest BCUT2D eigenvalue weighted by molar-refractivity contribution is 6.04. The van der Waals surface area contributed by atoms with Gasteiger partial charge in [-0.2, -0.15) is 10.2 Å². The number of benzene rings is 2. The molecule has 0 radical (unpaired) electrons. The van der Waals surface area contributed by atoms with E-state index in [1.54, 1.807) is 65.6 Å². The molecule has 0 unspecified atom stereocenters. The Morgan fingerprint density at radius 1 is 1.07 bits per heavy atom. The number of hydrogen-bond acceptors (Lipinski definition) is 6. The number of hydrogen-bond donors (Lipinski definition) is 1. The van der Waals surface area contributed by atoms with Crippen LogP contribution in [0.5, 0.6) is 0 Å². The molecule has 6 rings (SSSR count). The summed E-state index contributed by atoms with van der Waals surface area (Å²) in [5, 5.41) is 8.68. The molecule has 13 heteroatoms. The predicted octanol–water partition coefficient (Wildman–Crippen LogP) is 2.70. The minimum atomic E-state index is -1.51. The molecule has 11 nitrogen and oxygen atoms in total. The van der Waals surface area contributed by atoms with E-state index in [2.05, 4.69) is 15.2 Å². The van der Waals surface area contributed by atoms with Gasteiger partial charge in [-0.05, 0) is 23.8 Å². The number of nitrogens with zero attached hydrogens (tertiary/aromatic N) is 7. The molecule has 0 bridgehead atoms. The third-order valence-electron chi connectivity index (χ3n) is 6.88. The molecule has 40 heavy (non-hydrogen) atoms. The summed E-state index contributed by atoms with van der Waals surface area (Å²) in [4.78, 5) is 43.6. The van der Waals surface area contributed by atoms with Crippen LogP contribution < -0.4 is 10.9 Å². The molecule has 2 aromatic carbocycles. The number of nitrogens with two attached hydrogens (primary N) is 1. The summed E-state index contributed by atoms with van der Waals surface area (Å²) in [6.07, 6.45) is 3.06. The van der Waals surface area contributed by atoms with Crippen LogP contribution in [0.15, 0.2) is 73.2 Å². The van der Waals surface area contributed by atoms with Crippen molar-refractivity contribution in [2.75, 3.05) is 11.7 Å². The third-order valence-corrected chi connectivity index (χ3v) is 6.88. The number of primary amides is 1. The van der Waals surface area contributed by atoms with Crippen LogP contribution >= 0.6 is 0 Å². The smallest absolute Gasteiger partial charge is 0.277 e. The van der Waals surface area contributed by atoms with Gasteiger partial charge in [0.2, 0.25) is 5.91 Å². The van der Waals surface area contributed by atoms with E-state index in [1.807, 2.05) is 0 Å². The van der Waals surface area contributed by atoms with E-state index >= 15 is 4.48 Å². The first kappa shape index (κ1) is 25.1. The average molecular weight is 545 g/mol. The zero-order valence-corrected chi connectivity index (χ0v) is 20.9. The molecular weight excluding hydrogens is 522 g/mol. The Morgan fingerprint density at radius 3 is 2.73 bits per heavy atom. The molecule has 0 saturated carbocycles. The van der Waals surface area contributed by atoms with Gasteiger partial charge in [-0.3, -0.25) is 19.1 Å². The molecule has 1 saturated heterocycles. The van der Waals surface area contributed by atoms with Gasteiger partial charge >= 0.3 is 0 Å². The third kappa shape index (κ3) is 4.40. The average Bonchev–Trinajstić information content (AvgIpc) is 3.69. The molecule has 0 spiro atoms. The number of anilines is 1. The van der Waals surface area contributed by atoms with Crippen LogP contribution in [-0.2, 0) is 16.1 Å². The summed E-state index contributed by atoms with van der Waals surface area (Å²) < 4.78 is 32.8. The predicted molar refractivity (Wildman–Crippen MR) is 140 cm³/mol. The molecule has 1 aliphatic rings. The van der Waals surface area contributed by atoms with Crippen molar-refractivity contribution >= 4 is 40.0 Å². The second kappa shape index (κ2) is 9.84. The lowest BCUT2D eigenvalue weighted by Gasteiger charge is -2.25. The van der Waals surface area contributed by atoms with Crippen LogP contribution in [0.2, 0.25) is 0 Å². The largest absolute Gasteiger partial charge is 0.364 e. The summed E-state index contributed by atoms with van der Waals surface area (Å²) in [6.45, 7) is -0.768. The van der Waals surface area contributed by atoms with Crippen molar-refractivity contribution < 1.29 is 23.3 Å². The van der Waals surface area contributed by atoms with E-state index in [9.17, 15) is 18.8 Å². The van der Waals surface area contributed by atoms with Gasteiger partial charge in [0.15, 0.2) is 11.3 Å². The van der Waals surface area contributed by atoms with Crippen LogP contribution in [-0.4, -0.2) is 65.8 Å². The molecule has 3 amide bonds. The van der Waals surface area contributed by atoms with Gasteiger partial charge in [-0.25, -0.2) is 13.9 Å². The van der Waals surface area contributed by atoms with E-state index in [-0.39, 0.29) is 29.5 Å². The molecule has 3 aromatic heterocycles. The van der Waals surface area contributed by atoms with Gasteiger partial charge in [-0.15, -0.1) is 5.12 Å². The van der Waals surface area contributed by atoms with Gasteiger partial charge in [0, 0.05) is 35.8 Å². The van der Waals surface area contributed by atoms with Crippen molar-refractivity contribution in [3.63, 3.8) is 0 Å². The Balaban J connectivity index is 1.24. The fourth-order valence-corrected chi connectivity index (χ4v) is 4.97. The molecule has 4 heterocycles. The number of halogens is 2. The number of likely N-dealkylation sites (tertiary alicyclic amines) is 1. The monoisotopic (exact) mass is 544 g/mol. The Morgan fingerprint density at radius 2 is 1.90 bits per heavy atom. The van der Waals surface area contributed by atoms with Crippen molar-refractivity contribution in [1.29, 1.82) is 0 Å². The van der Waals surface area contributed by atoms with E-state index < -0.39 is 36.5 Å². The Labute approximate surface area is 225 Å². The highest BCUT2D eigenvalue weighted by atomic mass is 19.2. The number of amides is 3. The van der Waals surface area contributed by atoms with Crippen LogP contribution in [0.1, 0.15) is 16.9 Å². The fourth-order valence-electron chi connectivity index (χ4n) is 4.97. The van der Waals surface area contributed by atoms with Crippen molar-refractivity contribution in [2.24, 2.45) is 5.73 Å². The Kier molecular flexibility index (Phi) is 6.17. The maximum absolute atomic E-state index is 15.5. The van der Waals surface area contributed by atoms with Crippen molar-refractivity contribution in [3.8, 4) is 11.1 Å². The lowest BCUT2D eigenvalue weighted by Crippen LogP contribution is -2.46. The summed E-state index contributed by atoms with van der Waals surface area (Å²) in [5.74, 6) is -2.49. The highest BCUT2D eigenvalue weighted by Crippen LogP contribution is 2.29. The lowest BCUT2D eigenvalue weighted by atomic mass is 10.1. The molecule has 202 valence electrons. The molecular formula is C27H22F2N8O3. The maximum Gasteiger partial charge on any atom is 0.277 e. The van der Waals surface area contributed by atoms with Crippen molar-refractivity contribution in [3.05, 3.63) is 78.9 Å². The quantitative estimate of drug-likeness (QED) is 0.327.